The Morgan fingerprint density at radius 3 is 1.93 bits per heavy atom. The third-order valence-electron chi connectivity index (χ3n) is 4.35. The Kier molecular flexibility index (Phi) is 5.59. The lowest BCUT2D eigenvalue weighted by Gasteiger charge is -2.33. The van der Waals surface area contributed by atoms with Crippen molar-refractivity contribution >= 4 is 43.2 Å². The first-order valence-corrected chi connectivity index (χ1v) is 11.6. The van der Waals surface area contributed by atoms with Gasteiger partial charge in [-0.1, -0.05) is 35.3 Å². The number of aromatic nitrogens is 2. The van der Waals surface area contributed by atoms with E-state index in [4.69, 9.17) is 23.2 Å². The van der Waals surface area contributed by atoms with Crippen molar-refractivity contribution in [3.05, 3.63) is 40.1 Å². The number of hydrogen-bond donors (Lipinski definition) is 0. The Labute approximate surface area is 168 Å². The standard InChI is InChI=1S/C15H18Cl2N4O4S2/c1-11-14(15(17)19(2)18-11)27(24,25)21-9-7-20(8-10-21)26(22,23)13-6-4-3-5-12(13)16/h3-6H,7-10H2,1-2H3. The summed E-state index contributed by atoms with van der Waals surface area (Å²) in [6, 6.07) is 6.17. The normalized spacial score (nSPS) is 17.3. The summed E-state index contributed by atoms with van der Waals surface area (Å²) in [5, 5.41) is 4.19. The molecule has 0 saturated carbocycles. The van der Waals surface area contributed by atoms with Gasteiger partial charge in [0.2, 0.25) is 20.0 Å². The molecule has 3 rings (SSSR count). The molecule has 1 aromatic carbocycles. The number of nitrogens with zero attached hydrogens (tertiary/aromatic N) is 4. The van der Waals surface area contributed by atoms with Gasteiger partial charge >= 0.3 is 0 Å². The van der Waals surface area contributed by atoms with Gasteiger partial charge in [0.1, 0.15) is 14.9 Å². The highest BCUT2D eigenvalue weighted by Crippen LogP contribution is 2.29. The molecule has 0 amide bonds. The molecule has 8 nitrogen and oxygen atoms in total. The maximum atomic E-state index is 12.9. The summed E-state index contributed by atoms with van der Waals surface area (Å²) in [6.07, 6.45) is 0. The van der Waals surface area contributed by atoms with Gasteiger partial charge in [0.25, 0.3) is 0 Å². The molecule has 1 aliphatic rings. The Bertz CT molecular complexity index is 1080. The third kappa shape index (κ3) is 3.62. The topological polar surface area (TPSA) is 92.6 Å². The van der Waals surface area contributed by atoms with Gasteiger partial charge in [0.05, 0.1) is 10.7 Å². The summed E-state index contributed by atoms with van der Waals surface area (Å²) >= 11 is 12.1. The zero-order valence-corrected chi connectivity index (χ0v) is 17.8. The Morgan fingerprint density at radius 2 is 1.44 bits per heavy atom. The van der Waals surface area contributed by atoms with E-state index in [1.54, 1.807) is 26.1 Å². The number of piperazine rings is 1. The summed E-state index contributed by atoms with van der Waals surface area (Å²) in [6.45, 7) is 1.62. The smallest absolute Gasteiger partial charge is 0.248 e. The van der Waals surface area contributed by atoms with E-state index in [1.165, 1.54) is 25.4 Å². The number of rotatable bonds is 4. The number of hydrogen-bond acceptors (Lipinski definition) is 5. The first-order chi connectivity index (χ1) is 12.6. The first-order valence-electron chi connectivity index (χ1n) is 8.00. The lowest BCUT2D eigenvalue weighted by Crippen LogP contribution is -2.50. The van der Waals surface area contributed by atoms with E-state index in [1.807, 2.05) is 0 Å². The van der Waals surface area contributed by atoms with Crippen LogP contribution in [0.15, 0.2) is 34.1 Å². The van der Waals surface area contributed by atoms with Gasteiger partial charge in [-0.25, -0.2) is 16.8 Å². The minimum atomic E-state index is -3.87. The van der Waals surface area contributed by atoms with Gasteiger partial charge in [0, 0.05) is 33.2 Å². The molecule has 148 valence electrons. The molecule has 27 heavy (non-hydrogen) atoms. The van der Waals surface area contributed by atoms with Gasteiger partial charge in [-0.15, -0.1) is 0 Å². The highest BCUT2D eigenvalue weighted by atomic mass is 35.5. The summed E-state index contributed by atoms with van der Waals surface area (Å²) < 4.78 is 55.2. The van der Waals surface area contributed by atoms with Crippen LogP contribution in [0.4, 0.5) is 0 Å². The van der Waals surface area contributed by atoms with E-state index in [0.29, 0.717) is 5.69 Å². The minimum absolute atomic E-state index is 0.00845. The number of benzene rings is 1. The SMILES string of the molecule is Cc1nn(C)c(Cl)c1S(=O)(=O)N1CCN(S(=O)(=O)c2ccccc2Cl)CC1. The number of aryl methyl sites for hydroxylation is 2. The maximum absolute atomic E-state index is 12.9. The average Bonchev–Trinajstić information content (AvgIpc) is 2.87. The van der Waals surface area contributed by atoms with Gasteiger partial charge in [0.15, 0.2) is 0 Å². The molecule has 0 unspecified atom stereocenters. The van der Waals surface area contributed by atoms with Crippen molar-refractivity contribution in [1.82, 2.24) is 18.4 Å². The van der Waals surface area contributed by atoms with Gasteiger partial charge in [-0.3, -0.25) is 4.68 Å². The molecular weight excluding hydrogens is 435 g/mol. The van der Waals surface area contributed by atoms with E-state index < -0.39 is 20.0 Å². The van der Waals surface area contributed by atoms with Crippen LogP contribution in [0.2, 0.25) is 10.2 Å². The van der Waals surface area contributed by atoms with E-state index >= 15 is 0 Å². The van der Waals surface area contributed by atoms with Crippen molar-refractivity contribution in [2.45, 2.75) is 16.7 Å². The number of sulfonamides is 2. The molecule has 12 heteroatoms. The number of halogens is 2. The molecule has 0 aliphatic carbocycles. The second-order valence-corrected chi connectivity index (χ2v) is 10.6. The lowest BCUT2D eigenvalue weighted by molar-refractivity contribution is 0.272. The largest absolute Gasteiger partial charge is 0.255 e. The molecule has 0 N–H and O–H groups in total. The quantitative estimate of drug-likeness (QED) is 0.703. The molecule has 2 heterocycles. The van der Waals surface area contributed by atoms with Crippen molar-refractivity contribution < 1.29 is 16.8 Å². The zero-order valence-electron chi connectivity index (χ0n) is 14.6. The summed E-state index contributed by atoms with van der Waals surface area (Å²) in [4.78, 5) is -0.0387. The lowest BCUT2D eigenvalue weighted by atomic mass is 10.4. The monoisotopic (exact) mass is 452 g/mol. The van der Waals surface area contributed by atoms with Crippen molar-refractivity contribution in [2.24, 2.45) is 7.05 Å². The molecule has 0 bridgehead atoms. The van der Waals surface area contributed by atoms with Crippen molar-refractivity contribution in [2.75, 3.05) is 26.2 Å². The van der Waals surface area contributed by atoms with Crippen LogP contribution < -0.4 is 0 Å². The van der Waals surface area contributed by atoms with Gasteiger partial charge in [-0.05, 0) is 19.1 Å². The highest BCUT2D eigenvalue weighted by molar-refractivity contribution is 7.89. The Balaban J connectivity index is 1.82. The van der Waals surface area contributed by atoms with Crippen LogP contribution in [-0.4, -0.2) is 61.4 Å². The van der Waals surface area contributed by atoms with Gasteiger partial charge < -0.3 is 0 Å². The molecule has 0 radical (unpaired) electrons. The zero-order chi connectivity index (χ0) is 20.0. The molecule has 0 spiro atoms. The maximum Gasteiger partial charge on any atom is 0.248 e. The predicted octanol–water partition coefficient (Wildman–Crippen LogP) is 1.73. The molecule has 1 saturated heterocycles. The van der Waals surface area contributed by atoms with E-state index in [9.17, 15) is 16.8 Å². The molecule has 1 fully saturated rings. The van der Waals surface area contributed by atoms with E-state index in [2.05, 4.69) is 5.10 Å². The second-order valence-electron chi connectivity index (χ2n) is 6.07. The van der Waals surface area contributed by atoms with Crippen LogP contribution in [0.3, 0.4) is 0 Å². The first kappa shape index (κ1) is 20.6. The molecule has 0 atom stereocenters. The molecule has 1 aliphatic heterocycles. The van der Waals surface area contributed by atoms with Crippen LogP contribution in [0.1, 0.15) is 5.69 Å². The second kappa shape index (κ2) is 7.34. The van der Waals surface area contributed by atoms with Gasteiger partial charge in [-0.2, -0.15) is 13.7 Å². The fourth-order valence-corrected chi connectivity index (χ4v) is 7.02. The average molecular weight is 453 g/mol. The fraction of sp³-hybridized carbons (Fsp3) is 0.400. The highest BCUT2D eigenvalue weighted by Gasteiger charge is 2.37. The van der Waals surface area contributed by atoms with Crippen LogP contribution in [0, 0.1) is 6.92 Å². The Morgan fingerprint density at radius 1 is 0.926 bits per heavy atom. The van der Waals surface area contributed by atoms with E-state index in [-0.39, 0.29) is 46.1 Å². The minimum Gasteiger partial charge on any atom is -0.255 e. The predicted molar refractivity (Wildman–Crippen MR) is 102 cm³/mol. The van der Waals surface area contributed by atoms with Crippen LogP contribution in [-0.2, 0) is 27.1 Å². The fourth-order valence-electron chi connectivity index (χ4n) is 2.98. The summed E-state index contributed by atoms with van der Waals surface area (Å²) in [7, 11) is -6.12. The molecule has 1 aromatic heterocycles. The Hall–Kier alpha value is -1.17. The molecular formula is C15H18Cl2N4O4S2. The third-order valence-corrected chi connectivity index (χ3v) is 9.34. The summed E-state index contributed by atoms with van der Waals surface area (Å²) in [5.74, 6) is 0. The van der Waals surface area contributed by atoms with Crippen molar-refractivity contribution in [3.63, 3.8) is 0 Å². The molecule has 2 aromatic rings. The van der Waals surface area contributed by atoms with Crippen molar-refractivity contribution in [3.8, 4) is 0 Å². The van der Waals surface area contributed by atoms with Crippen molar-refractivity contribution in [1.29, 1.82) is 0 Å². The van der Waals surface area contributed by atoms with E-state index in [0.717, 1.165) is 0 Å². The van der Waals surface area contributed by atoms with Crippen LogP contribution in [0.5, 0.6) is 0 Å². The van der Waals surface area contributed by atoms with Crippen LogP contribution >= 0.6 is 23.2 Å². The van der Waals surface area contributed by atoms with Crippen LogP contribution in [0.25, 0.3) is 0 Å². The summed E-state index contributed by atoms with van der Waals surface area (Å²) in [5.41, 5.74) is 0.300.